The summed E-state index contributed by atoms with van der Waals surface area (Å²) in [4.78, 5) is 4.62. The summed E-state index contributed by atoms with van der Waals surface area (Å²) in [6.45, 7) is 9.51. The first-order chi connectivity index (χ1) is 12.7. The average Bonchev–Trinajstić information content (AvgIpc) is 3.13. The van der Waals surface area contributed by atoms with Crippen molar-refractivity contribution in [3.05, 3.63) is 48.3 Å². The molecule has 0 aliphatic carbocycles. The minimum atomic E-state index is 0. The van der Waals surface area contributed by atoms with Crippen LogP contribution >= 0.6 is 24.0 Å². The van der Waals surface area contributed by atoms with Crippen molar-refractivity contribution < 1.29 is 4.74 Å². The van der Waals surface area contributed by atoms with E-state index in [1.165, 1.54) is 5.56 Å². The van der Waals surface area contributed by atoms with Gasteiger partial charge in [0.1, 0.15) is 5.75 Å². The van der Waals surface area contributed by atoms with Gasteiger partial charge in [-0.2, -0.15) is 5.10 Å². The molecule has 0 saturated heterocycles. The van der Waals surface area contributed by atoms with Crippen molar-refractivity contribution in [3.63, 3.8) is 0 Å². The van der Waals surface area contributed by atoms with Crippen LogP contribution in [0, 0.1) is 0 Å². The van der Waals surface area contributed by atoms with Crippen LogP contribution < -0.4 is 15.4 Å². The molecule has 0 atom stereocenters. The quantitative estimate of drug-likeness (QED) is 0.234. The van der Waals surface area contributed by atoms with Gasteiger partial charge in [-0.05, 0) is 57.4 Å². The molecule has 6 nitrogen and oxygen atoms in total. The molecule has 2 N–H and O–H groups in total. The maximum atomic E-state index is 5.67. The summed E-state index contributed by atoms with van der Waals surface area (Å²) in [6, 6.07) is 10.2. The lowest BCUT2D eigenvalue weighted by molar-refractivity contribution is 0.242. The van der Waals surface area contributed by atoms with Crippen molar-refractivity contribution >= 4 is 29.9 Å². The molecule has 0 saturated carbocycles. The Labute approximate surface area is 179 Å². The van der Waals surface area contributed by atoms with Crippen LogP contribution in [-0.4, -0.2) is 41.5 Å². The fourth-order valence-electron chi connectivity index (χ4n) is 2.53. The number of ether oxygens (including phenoxy) is 1. The molecule has 0 radical (unpaired) electrons. The van der Waals surface area contributed by atoms with Gasteiger partial charge in [0.2, 0.25) is 0 Å². The second kappa shape index (κ2) is 13.4. The highest BCUT2D eigenvalue weighted by atomic mass is 127. The molecule has 0 aliphatic rings. The topological polar surface area (TPSA) is 63.5 Å². The molecule has 27 heavy (non-hydrogen) atoms. The zero-order chi connectivity index (χ0) is 18.6. The van der Waals surface area contributed by atoms with Crippen molar-refractivity contribution in [2.24, 2.45) is 4.99 Å². The maximum Gasteiger partial charge on any atom is 0.191 e. The van der Waals surface area contributed by atoms with Gasteiger partial charge in [0.05, 0.1) is 6.10 Å². The molecule has 0 unspecified atom stereocenters. The van der Waals surface area contributed by atoms with Crippen LogP contribution in [0.2, 0.25) is 0 Å². The molecule has 7 heteroatoms. The number of hydrogen-bond donors (Lipinski definition) is 2. The normalized spacial score (nSPS) is 11.2. The van der Waals surface area contributed by atoms with Gasteiger partial charge in [-0.1, -0.05) is 12.1 Å². The minimum absolute atomic E-state index is 0. The van der Waals surface area contributed by atoms with Gasteiger partial charge >= 0.3 is 0 Å². The summed E-state index contributed by atoms with van der Waals surface area (Å²) >= 11 is 0. The van der Waals surface area contributed by atoms with Crippen LogP contribution in [-0.2, 0) is 13.0 Å². The Morgan fingerprint density at radius 2 is 2.00 bits per heavy atom. The lowest BCUT2D eigenvalue weighted by Gasteiger charge is -2.12. The molecule has 0 amide bonds. The number of benzene rings is 1. The maximum absolute atomic E-state index is 5.67. The third kappa shape index (κ3) is 9.65. The van der Waals surface area contributed by atoms with Crippen LogP contribution in [0.15, 0.2) is 47.7 Å². The number of rotatable bonds is 10. The van der Waals surface area contributed by atoms with Gasteiger partial charge in [-0.3, -0.25) is 9.67 Å². The smallest absolute Gasteiger partial charge is 0.191 e. The second-order valence-corrected chi connectivity index (χ2v) is 6.37. The first kappa shape index (κ1) is 23.3. The van der Waals surface area contributed by atoms with E-state index < -0.39 is 0 Å². The van der Waals surface area contributed by atoms with Crippen molar-refractivity contribution in [1.82, 2.24) is 20.4 Å². The van der Waals surface area contributed by atoms with E-state index in [9.17, 15) is 0 Å². The van der Waals surface area contributed by atoms with E-state index in [4.69, 9.17) is 4.74 Å². The van der Waals surface area contributed by atoms with Crippen molar-refractivity contribution in [2.45, 2.75) is 46.3 Å². The number of hydrogen-bond acceptors (Lipinski definition) is 3. The molecule has 0 fully saturated rings. The monoisotopic (exact) mass is 485 g/mol. The minimum Gasteiger partial charge on any atom is -0.491 e. The third-order valence-corrected chi connectivity index (χ3v) is 3.72. The van der Waals surface area contributed by atoms with Crippen molar-refractivity contribution in [3.8, 4) is 5.75 Å². The largest absolute Gasteiger partial charge is 0.491 e. The van der Waals surface area contributed by atoms with Gasteiger partial charge in [0.15, 0.2) is 5.96 Å². The number of nitrogens with one attached hydrogen (secondary N) is 2. The summed E-state index contributed by atoms with van der Waals surface area (Å²) in [5.74, 6) is 1.79. The average molecular weight is 485 g/mol. The van der Waals surface area contributed by atoms with E-state index in [1.54, 1.807) is 6.20 Å². The summed E-state index contributed by atoms with van der Waals surface area (Å²) in [5, 5.41) is 10.9. The Morgan fingerprint density at radius 3 is 2.63 bits per heavy atom. The van der Waals surface area contributed by atoms with E-state index in [2.05, 4.69) is 39.8 Å². The molecule has 150 valence electrons. The fourth-order valence-corrected chi connectivity index (χ4v) is 2.53. The first-order valence-electron chi connectivity index (χ1n) is 9.42. The van der Waals surface area contributed by atoms with E-state index in [0.717, 1.165) is 50.7 Å². The highest BCUT2D eigenvalue weighted by molar-refractivity contribution is 14.0. The lowest BCUT2D eigenvalue weighted by atomic mass is 10.1. The number of halogens is 1. The van der Waals surface area contributed by atoms with E-state index >= 15 is 0 Å². The van der Waals surface area contributed by atoms with Gasteiger partial charge in [0, 0.05) is 38.6 Å². The van der Waals surface area contributed by atoms with Gasteiger partial charge in [-0.15, -0.1) is 24.0 Å². The Kier molecular flexibility index (Phi) is 11.6. The van der Waals surface area contributed by atoms with Gasteiger partial charge < -0.3 is 15.4 Å². The molecule has 1 aromatic carbocycles. The predicted molar refractivity (Wildman–Crippen MR) is 122 cm³/mol. The number of aromatic nitrogens is 2. The highest BCUT2D eigenvalue weighted by Gasteiger charge is 2.00. The Hall–Kier alpha value is -1.77. The SMILES string of the molecule is CCNC(=NCCCn1cccn1)NCCc1ccc(OC(C)C)cc1.I. The van der Waals surface area contributed by atoms with Crippen molar-refractivity contribution in [2.75, 3.05) is 19.6 Å². The van der Waals surface area contributed by atoms with Crippen LogP contribution in [0.3, 0.4) is 0 Å². The number of aryl methyl sites for hydroxylation is 1. The second-order valence-electron chi connectivity index (χ2n) is 6.37. The van der Waals surface area contributed by atoms with Crippen molar-refractivity contribution in [1.29, 1.82) is 0 Å². The molecule has 1 aromatic heterocycles. The number of guanidine groups is 1. The number of aliphatic imine (C=N–C) groups is 1. The molecule has 0 aliphatic heterocycles. The first-order valence-corrected chi connectivity index (χ1v) is 9.42. The molecule has 2 aromatic rings. The molecule has 0 spiro atoms. The van der Waals surface area contributed by atoms with Gasteiger partial charge in [0.25, 0.3) is 0 Å². The standard InChI is InChI=1S/C20H31N5O.HI/c1-4-21-20(22-12-5-15-25-16-6-13-24-25)23-14-11-18-7-9-19(10-8-18)26-17(2)3;/h6-10,13,16-17H,4-5,11-12,14-15H2,1-3H3,(H2,21,22,23);1H. The molecular weight excluding hydrogens is 453 g/mol. The number of nitrogens with zero attached hydrogens (tertiary/aromatic N) is 3. The van der Waals surface area contributed by atoms with E-state index in [1.807, 2.05) is 42.9 Å². The third-order valence-electron chi connectivity index (χ3n) is 3.72. The Balaban J connectivity index is 0.00000364. The highest BCUT2D eigenvalue weighted by Crippen LogP contribution is 2.13. The molecular formula is C20H32IN5O. The van der Waals surface area contributed by atoms with Crippen LogP contribution in [0.5, 0.6) is 5.75 Å². The van der Waals surface area contributed by atoms with Crippen LogP contribution in [0.25, 0.3) is 0 Å². The lowest BCUT2D eigenvalue weighted by Crippen LogP contribution is -2.38. The zero-order valence-corrected chi connectivity index (χ0v) is 18.8. The van der Waals surface area contributed by atoms with Crippen LogP contribution in [0.4, 0.5) is 0 Å². The zero-order valence-electron chi connectivity index (χ0n) is 16.5. The molecule has 2 rings (SSSR count). The Bertz CT molecular complexity index is 641. The van der Waals surface area contributed by atoms with Crippen LogP contribution in [0.1, 0.15) is 32.8 Å². The summed E-state index contributed by atoms with van der Waals surface area (Å²) in [7, 11) is 0. The molecule has 1 heterocycles. The molecule has 0 bridgehead atoms. The summed E-state index contributed by atoms with van der Waals surface area (Å²) in [5.41, 5.74) is 1.28. The Morgan fingerprint density at radius 1 is 1.22 bits per heavy atom. The fraction of sp³-hybridized carbons (Fsp3) is 0.500. The summed E-state index contributed by atoms with van der Waals surface area (Å²) < 4.78 is 7.61. The summed E-state index contributed by atoms with van der Waals surface area (Å²) in [6.07, 6.45) is 5.89. The van der Waals surface area contributed by atoms with Gasteiger partial charge in [-0.25, -0.2) is 0 Å². The van der Waals surface area contributed by atoms with E-state index in [0.29, 0.717) is 0 Å². The van der Waals surface area contributed by atoms with E-state index in [-0.39, 0.29) is 30.1 Å². The predicted octanol–water partition coefficient (Wildman–Crippen LogP) is 3.48.